The number of sulfone groups is 1. The molecule has 29 heavy (non-hydrogen) atoms. The highest BCUT2D eigenvalue weighted by Crippen LogP contribution is 2.11. The number of carboxylic acid groups (broad SMARTS) is 2. The van der Waals surface area contributed by atoms with Gasteiger partial charge in [-0.05, 0) is 26.0 Å². The van der Waals surface area contributed by atoms with Gasteiger partial charge in [-0.3, -0.25) is 0 Å². The van der Waals surface area contributed by atoms with Gasteiger partial charge in [0.25, 0.3) is 0 Å². The molecule has 0 fully saturated rings. The van der Waals surface area contributed by atoms with Crippen LogP contribution in [0.2, 0.25) is 0 Å². The zero-order valence-electron chi connectivity index (χ0n) is 16.3. The third kappa shape index (κ3) is 11.5. The molecule has 2 amide bonds. The van der Waals surface area contributed by atoms with Crippen LogP contribution in [0.1, 0.15) is 13.8 Å². The number of nitrogens with one attached hydrogen (secondary N) is 1. The Labute approximate surface area is 169 Å². The van der Waals surface area contributed by atoms with Crippen molar-refractivity contribution in [2.24, 2.45) is 5.73 Å². The molecule has 0 aliphatic heterocycles. The number of benzene rings is 1. The summed E-state index contributed by atoms with van der Waals surface area (Å²) in [4.78, 5) is 32.8. The Morgan fingerprint density at radius 1 is 1.10 bits per heavy atom. The smallest absolute Gasteiger partial charge is 0.328 e. The number of carbonyl (C=O) groups excluding carboxylic acids is 1. The largest absolute Gasteiger partial charge is 0.478 e. The Morgan fingerprint density at radius 2 is 1.62 bits per heavy atom. The Balaban J connectivity index is 0.000000828. The second-order valence-electron chi connectivity index (χ2n) is 5.95. The summed E-state index contributed by atoms with van der Waals surface area (Å²) in [5.41, 5.74) is 5.34. The summed E-state index contributed by atoms with van der Waals surface area (Å²) in [5, 5.41) is 18.3. The van der Waals surface area contributed by atoms with Crippen molar-refractivity contribution < 1.29 is 33.0 Å². The molecule has 1 rings (SSSR count). The first-order valence-electron chi connectivity index (χ1n) is 8.67. The second kappa shape index (κ2) is 13.3. The molecule has 11 heteroatoms. The van der Waals surface area contributed by atoms with Gasteiger partial charge in [0, 0.05) is 37.8 Å². The lowest BCUT2D eigenvalue weighted by Crippen LogP contribution is -2.47. The zero-order chi connectivity index (χ0) is 22.4. The third-order valence-electron chi connectivity index (χ3n) is 3.38. The van der Waals surface area contributed by atoms with E-state index in [1.807, 2.05) is 13.8 Å². The number of hydrogen-bond acceptors (Lipinski definition) is 6. The number of nitrogens with two attached hydrogens (primary N) is 1. The molecule has 0 spiro atoms. The van der Waals surface area contributed by atoms with Crippen molar-refractivity contribution in [2.75, 3.05) is 25.4 Å². The number of urea groups is 1. The topological polar surface area (TPSA) is 167 Å². The highest BCUT2D eigenvalue weighted by Gasteiger charge is 2.21. The summed E-state index contributed by atoms with van der Waals surface area (Å²) in [6, 6.07) is 7.86. The van der Waals surface area contributed by atoms with Crippen LogP contribution in [0.25, 0.3) is 0 Å². The number of carboxylic acids is 2. The predicted octanol–water partition coefficient (Wildman–Crippen LogP) is 0.551. The maximum absolute atomic E-state index is 12.2. The van der Waals surface area contributed by atoms with E-state index < -0.39 is 21.8 Å². The van der Waals surface area contributed by atoms with Crippen LogP contribution in [0.15, 0.2) is 47.4 Å². The number of hydrogen-bond donors (Lipinski definition) is 4. The van der Waals surface area contributed by atoms with Gasteiger partial charge >= 0.3 is 18.0 Å². The molecule has 162 valence electrons. The summed E-state index contributed by atoms with van der Waals surface area (Å²) < 4.78 is 24.4. The summed E-state index contributed by atoms with van der Waals surface area (Å²) in [5.74, 6) is -2.62. The third-order valence-corrected chi connectivity index (χ3v) is 5.09. The molecule has 5 N–H and O–H groups in total. The highest BCUT2D eigenvalue weighted by molar-refractivity contribution is 7.91. The Hall–Kier alpha value is -2.92. The summed E-state index contributed by atoms with van der Waals surface area (Å²) in [6.45, 7) is 4.55. The standard InChI is InChI=1S/C14H23N3O3S.C4H4O4/c1-12(2)17(14(18)16-9-8-15)10-11-21(19,20)13-6-4-3-5-7-13;5-3(6)1-2-4(7)8/h3-7,12H,8-11,15H2,1-2H3,(H,16,18);1-2H,(H,5,6)(H,7,8)/b;2-1-. The fraction of sp³-hybridized carbons (Fsp3) is 0.389. The lowest BCUT2D eigenvalue weighted by Gasteiger charge is -2.26. The van der Waals surface area contributed by atoms with Crippen LogP contribution in [0, 0.1) is 0 Å². The van der Waals surface area contributed by atoms with Gasteiger partial charge in [-0.25, -0.2) is 22.8 Å². The molecular formula is C18H27N3O7S. The van der Waals surface area contributed by atoms with E-state index >= 15 is 0 Å². The van der Waals surface area contributed by atoms with E-state index in [1.165, 1.54) is 4.90 Å². The van der Waals surface area contributed by atoms with E-state index in [9.17, 15) is 22.8 Å². The van der Waals surface area contributed by atoms with Crippen molar-refractivity contribution in [3.63, 3.8) is 0 Å². The first-order valence-corrected chi connectivity index (χ1v) is 10.3. The van der Waals surface area contributed by atoms with Gasteiger partial charge in [0.1, 0.15) is 0 Å². The fourth-order valence-corrected chi connectivity index (χ4v) is 3.23. The molecule has 0 radical (unpaired) electrons. The predicted molar refractivity (Wildman–Crippen MR) is 107 cm³/mol. The van der Waals surface area contributed by atoms with Crippen LogP contribution in [0.4, 0.5) is 4.79 Å². The highest BCUT2D eigenvalue weighted by atomic mass is 32.2. The molecule has 0 unspecified atom stereocenters. The molecule has 0 aliphatic carbocycles. The molecule has 1 aromatic carbocycles. The minimum atomic E-state index is -3.39. The number of aliphatic carboxylic acids is 2. The molecule has 0 bridgehead atoms. The Kier molecular flexibility index (Phi) is 12.0. The van der Waals surface area contributed by atoms with E-state index in [1.54, 1.807) is 30.3 Å². The van der Waals surface area contributed by atoms with Crippen LogP contribution in [-0.4, -0.2) is 72.9 Å². The van der Waals surface area contributed by atoms with Gasteiger partial charge in [0.15, 0.2) is 9.84 Å². The summed E-state index contributed by atoms with van der Waals surface area (Å²) >= 11 is 0. The van der Waals surface area contributed by atoms with Crippen LogP contribution < -0.4 is 11.1 Å². The van der Waals surface area contributed by atoms with Crippen molar-refractivity contribution in [3.8, 4) is 0 Å². The lowest BCUT2D eigenvalue weighted by molar-refractivity contribution is -0.134. The monoisotopic (exact) mass is 429 g/mol. The minimum absolute atomic E-state index is 0.0891. The summed E-state index contributed by atoms with van der Waals surface area (Å²) in [6.07, 6.45) is 1.12. The van der Waals surface area contributed by atoms with E-state index in [4.69, 9.17) is 15.9 Å². The molecular weight excluding hydrogens is 402 g/mol. The average molecular weight is 429 g/mol. The molecule has 0 aromatic heterocycles. The normalized spacial score (nSPS) is 10.9. The summed E-state index contributed by atoms with van der Waals surface area (Å²) in [7, 11) is -3.39. The van der Waals surface area contributed by atoms with E-state index in [2.05, 4.69) is 5.32 Å². The van der Waals surface area contributed by atoms with E-state index in [0.29, 0.717) is 25.2 Å². The first kappa shape index (κ1) is 26.1. The molecule has 0 saturated carbocycles. The van der Waals surface area contributed by atoms with Crippen molar-refractivity contribution in [3.05, 3.63) is 42.5 Å². The van der Waals surface area contributed by atoms with Crippen LogP contribution in [0.5, 0.6) is 0 Å². The van der Waals surface area contributed by atoms with Gasteiger partial charge in [-0.15, -0.1) is 0 Å². The maximum atomic E-state index is 12.2. The SMILES string of the molecule is CC(C)N(CCS(=O)(=O)c1ccccc1)C(=O)NCCN.O=C(O)/C=C\C(=O)O. The lowest BCUT2D eigenvalue weighted by atomic mass is 10.3. The van der Waals surface area contributed by atoms with Gasteiger partial charge in [0.2, 0.25) is 0 Å². The van der Waals surface area contributed by atoms with Crippen molar-refractivity contribution in [2.45, 2.75) is 24.8 Å². The Morgan fingerprint density at radius 3 is 2.03 bits per heavy atom. The van der Waals surface area contributed by atoms with E-state index in [0.717, 1.165) is 0 Å². The van der Waals surface area contributed by atoms with Gasteiger partial charge in [-0.2, -0.15) is 0 Å². The van der Waals surface area contributed by atoms with E-state index in [-0.39, 0.29) is 29.3 Å². The molecule has 10 nitrogen and oxygen atoms in total. The number of rotatable bonds is 9. The first-order chi connectivity index (χ1) is 13.5. The zero-order valence-corrected chi connectivity index (χ0v) is 17.1. The average Bonchev–Trinajstić information content (AvgIpc) is 2.65. The minimum Gasteiger partial charge on any atom is -0.478 e. The molecule has 1 aromatic rings. The van der Waals surface area contributed by atoms with Gasteiger partial charge in [0.05, 0.1) is 10.6 Å². The Bertz CT molecular complexity index is 777. The van der Waals surface area contributed by atoms with Crippen molar-refractivity contribution in [1.82, 2.24) is 10.2 Å². The number of carbonyl (C=O) groups is 3. The van der Waals surface area contributed by atoms with Gasteiger partial charge in [-0.1, -0.05) is 18.2 Å². The molecule has 0 atom stereocenters. The van der Waals surface area contributed by atoms with Crippen molar-refractivity contribution in [1.29, 1.82) is 0 Å². The van der Waals surface area contributed by atoms with Crippen LogP contribution in [-0.2, 0) is 19.4 Å². The van der Waals surface area contributed by atoms with Crippen LogP contribution >= 0.6 is 0 Å². The molecule has 0 saturated heterocycles. The molecule has 0 aliphatic rings. The number of amides is 2. The van der Waals surface area contributed by atoms with Crippen LogP contribution in [0.3, 0.4) is 0 Å². The fourth-order valence-electron chi connectivity index (χ4n) is 1.98. The number of nitrogens with zero attached hydrogens (tertiary/aromatic N) is 1. The van der Waals surface area contributed by atoms with Gasteiger partial charge < -0.3 is 26.2 Å². The molecule has 0 heterocycles. The second-order valence-corrected chi connectivity index (χ2v) is 8.06. The van der Waals surface area contributed by atoms with Crippen molar-refractivity contribution >= 4 is 27.8 Å². The quantitative estimate of drug-likeness (QED) is 0.413. The maximum Gasteiger partial charge on any atom is 0.328 e.